The highest BCUT2D eigenvalue weighted by molar-refractivity contribution is 6.10. The predicted molar refractivity (Wildman–Crippen MR) is 165 cm³/mol. The Morgan fingerprint density at radius 3 is 1.44 bits per heavy atom. The normalized spacial score (nSPS) is 12.1. The van der Waals surface area contributed by atoms with Gasteiger partial charge in [0.1, 0.15) is 11.5 Å². The summed E-state index contributed by atoms with van der Waals surface area (Å²) in [6, 6.07) is 24.4. The van der Waals surface area contributed by atoms with Crippen LogP contribution >= 0.6 is 0 Å². The highest BCUT2D eigenvalue weighted by Gasteiger charge is 2.18. The molecule has 0 spiro atoms. The minimum atomic E-state index is 0.000619. The van der Waals surface area contributed by atoms with Crippen LogP contribution in [0.25, 0.3) is 27.5 Å². The summed E-state index contributed by atoms with van der Waals surface area (Å²) in [7, 11) is 0. The van der Waals surface area contributed by atoms with Crippen LogP contribution in [-0.4, -0.2) is 19.5 Å². The van der Waals surface area contributed by atoms with Crippen LogP contribution in [0, 0.1) is 0 Å². The van der Waals surface area contributed by atoms with E-state index in [9.17, 15) is 0 Å². The molecule has 0 unspecified atom stereocenters. The van der Waals surface area contributed by atoms with Crippen LogP contribution in [0.15, 0.2) is 97.6 Å². The van der Waals surface area contributed by atoms with Crippen LogP contribution in [-0.2, 0) is 10.8 Å². The molecule has 0 fully saturated rings. The Morgan fingerprint density at radius 2 is 1.00 bits per heavy atom. The molecule has 0 atom stereocenters. The van der Waals surface area contributed by atoms with Crippen molar-refractivity contribution in [2.75, 3.05) is 0 Å². The number of nitrogens with zero attached hydrogens (tertiary/aromatic N) is 4. The van der Waals surface area contributed by atoms with Gasteiger partial charge in [-0.15, -0.1) is 0 Å². The SMILES string of the molecule is CC(C)(C)c1ccnc(Oc2ccc3c(c2)c2cc(Oc4cc(C(C)(C)C)ccn4)ccc2n3-c2ccncc2)c1. The van der Waals surface area contributed by atoms with Gasteiger partial charge >= 0.3 is 0 Å². The van der Waals surface area contributed by atoms with E-state index in [0.29, 0.717) is 11.8 Å². The summed E-state index contributed by atoms with van der Waals surface area (Å²) in [5.41, 5.74) is 5.48. The minimum absolute atomic E-state index is 0.000619. The van der Waals surface area contributed by atoms with Crippen LogP contribution in [0.1, 0.15) is 52.7 Å². The molecule has 0 bridgehead atoms. The molecule has 0 aliphatic heterocycles. The second-order valence-corrected chi connectivity index (χ2v) is 12.4. The molecule has 41 heavy (non-hydrogen) atoms. The lowest BCUT2D eigenvalue weighted by Crippen LogP contribution is -2.11. The Balaban J connectivity index is 1.45. The van der Waals surface area contributed by atoms with Gasteiger partial charge in [0.25, 0.3) is 0 Å². The number of benzene rings is 2. The molecular weight excluding hydrogens is 508 g/mol. The van der Waals surface area contributed by atoms with Crippen molar-refractivity contribution < 1.29 is 9.47 Å². The van der Waals surface area contributed by atoms with E-state index >= 15 is 0 Å². The number of fused-ring (bicyclic) bond motifs is 3. The first-order valence-electron chi connectivity index (χ1n) is 13.8. The molecule has 6 heteroatoms. The summed E-state index contributed by atoms with van der Waals surface area (Å²) in [5, 5.41) is 2.09. The number of hydrogen-bond donors (Lipinski definition) is 0. The average Bonchev–Trinajstić information content (AvgIpc) is 3.26. The van der Waals surface area contributed by atoms with E-state index in [2.05, 4.69) is 85.3 Å². The summed E-state index contributed by atoms with van der Waals surface area (Å²) in [6.45, 7) is 13.1. The summed E-state index contributed by atoms with van der Waals surface area (Å²) < 4.78 is 14.8. The third-order valence-electron chi connectivity index (χ3n) is 7.28. The van der Waals surface area contributed by atoms with Gasteiger partial charge in [0, 0.05) is 53.4 Å². The van der Waals surface area contributed by atoms with E-state index in [-0.39, 0.29) is 10.8 Å². The Labute approximate surface area is 240 Å². The topological polar surface area (TPSA) is 62.1 Å². The predicted octanol–water partition coefficient (Wildman–Crippen LogP) is 9.15. The van der Waals surface area contributed by atoms with Crippen molar-refractivity contribution in [3.63, 3.8) is 0 Å². The van der Waals surface area contributed by atoms with Crippen molar-refractivity contribution in [2.45, 2.75) is 52.4 Å². The van der Waals surface area contributed by atoms with Gasteiger partial charge in [-0.3, -0.25) is 4.98 Å². The fourth-order valence-corrected chi connectivity index (χ4v) is 4.98. The average molecular weight is 543 g/mol. The molecule has 2 aromatic carbocycles. The molecule has 0 radical (unpaired) electrons. The monoisotopic (exact) mass is 542 g/mol. The van der Waals surface area contributed by atoms with Crippen molar-refractivity contribution in [2.24, 2.45) is 0 Å². The van der Waals surface area contributed by atoms with Gasteiger partial charge in [-0.2, -0.15) is 0 Å². The quantitative estimate of drug-likeness (QED) is 0.217. The van der Waals surface area contributed by atoms with Gasteiger partial charge in [-0.1, -0.05) is 41.5 Å². The molecule has 0 saturated carbocycles. The van der Waals surface area contributed by atoms with Gasteiger partial charge in [-0.25, -0.2) is 9.97 Å². The molecule has 0 aliphatic carbocycles. The molecule has 0 N–H and O–H groups in total. The zero-order valence-electron chi connectivity index (χ0n) is 24.3. The zero-order chi connectivity index (χ0) is 28.8. The largest absolute Gasteiger partial charge is 0.439 e. The van der Waals surface area contributed by atoms with Crippen LogP contribution in [0.2, 0.25) is 0 Å². The van der Waals surface area contributed by atoms with Crippen molar-refractivity contribution >= 4 is 21.8 Å². The first kappa shape index (κ1) is 26.5. The fourth-order valence-electron chi connectivity index (χ4n) is 4.98. The van der Waals surface area contributed by atoms with Crippen molar-refractivity contribution in [3.05, 3.63) is 109 Å². The number of ether oxygens (including phenoxy) is 2. The highest BCUT2D eigenvalue weighted by atomic mass is 16.5. The Kier molecular flexibility index (Phi) is 6.49. The Morgan fingerprint density at radius 1 is 0.537 bits per heavy atom. The standard InChI is InChI=1S/C35H34N4O2/c1-34(2,3)23-11-17-37-32(19-23)40-26-7-9-30-28(21-26)29-22-27(41-33-20-24(12-18-38-33)35(4,5)6)8-10-31(29)39(30)25-13-15-36-16-14-25/h7-22H,1-6H3. The molecule has 206 valence electrons. The summed E-state index contributed by atoms with van der Waals surface area (Å²) >= 11 is 0. The number of rotatable bonds is 5. The maximum Gasteiger partial charge on any atom is 0.219 e. The lowest BCUT2D eigenvalue weighted by molar-refractivity contribution is 0.459. The van der Waals surface area contributed by atoms with Crippen LogP contribution in [0.4, 0.5) is 0 Å². The first-order valence-corrected chi connectivity index (χ1v) is 13.8. The van der Waals surface area contributed by atoms with E-state index < -0.39 is 0 Å². The van der Waals surface area contributed by atoms with Gasteiger partial charge in [-0.05, 0) is 82.6 Å². The maximum atomic E-state index is 6.29. The van der Waals surface area contributed by atoms with E-state index in [4.69, 9.17) is 9.47 Å². The Bertz CT molecular complexity index is 1750. The third-order valence-corrected chi connectivity index (χ3v) is 7.28. The van der Waals surface area contributed by atoms with E-state index in [1.54, 1.807) is 12.4 Å². The van der Waals surface area contributed by atoms with Crippen molar-refractivity contribution in [1.29, 1.82) is 0 Å². The smallest absolute Gasteiger partial charge is 0.219 e. The molecule has 6 nitrogen and oxygen atoms in total. The second-order valence-electron chi connectivity index (χ2n) is 12.4. The Hall–Kier alpha value is -4.71. The molecule has 0 saturated heterocycles. The lowest BCUT2D eigenvalue weighted by Gasteiger charge is -2.19. The molecule has 0 amide bonds. The van der Waals surface area contributed by atoms with Gasteiger partial charge in [0.15, 0.2) is 0 Å². The summed E-state index contributed by atoms with van der Waals surface area (Å²) in [4.78, 5) is 13.2. The van der Waals surface area contributed by atoms with Gasteiger partial charge < -0.3 is 14.0 Å². The first-order chi connectivity index (χ1) is 19.6. The highest BCUT2D eigenvalue weighted by Crippen LogP contribution is 2.38. The van der Waals surface area contributed by atoms with Crippen molar-refractivity contribution in [1.82, 2.24) is 19.5 Å². The lowest BCUT2D eigenvalue weighted by atomic mass is 9.88. The van der Waals surface area contributed by atoms with E-state index in [0.717, 1.165) is 39.0 Å². The molecule has 0 aliphatic rings. The molecule has 6 rings (SSSR count). The number of hydrogen-bond acceptors (Lipinski definition) is 5. The molecule has 6 aromatic rings. The molecular formula is C35H34N4O2. The van der Waals surface area contributed by atoms with Crippen LogP contribution in [0.5, 0.6) is 23.3 Å². The maximum absolute atomic E-state index is 6.29. The zero-order valence-corrected chi connectivity index (χ0v) is 24.3. The number of pyridine rings is 3. The molecule has 4 aromatic heterocycles. The van der Waals surface area contributed by atoms with Crippen LogP contribution in [0.3, 0.4) is 0 Å². The van der Waals surface area contributed by atoms with Gasteiger partial charge in [0.2, 0.25) is 11.8 Å². The fraction of sp³-hybridized carbons (Fsp3) is 0.229. The summed E-state index contributed by atoms with van der Waals surface area (Å²) in [5.74, 6) is 2.58. The van der Waals surface area contributed by atoms with E-state index in [1.807, 2.05) is 60.9 Å². The van der Waals surface area contributed by atoms with Crippen molar-refractivity contribution in [3.8, 4) is 28.9 Å². The second kappa shape index (κ2) is 10.0. The van der Waals surface area contributed by atoms with Gasteiger partial charge in [0.05, 0.1) is 11.0 Å². The minimum Gasteiger partial charge on any atom is -0.439 e. The van der Waals surface area contributed by atoms with E-state index in [1.165, 1.54) is 11.1 Å². The number of aromatic nitrogens is 4. The molecule has 4 heterocycles. The van der Waals surface area contributed by atoms with Crippen LogP contribution < -0.4 is 9.47 Å². The summed E-state index contributed by atoms with van der Waals surface area (Å²) in [6.07, 6.45) is 7.22. The third kappa shape index (κ3) is 5.38.